The van der Waals surface area contributed by atoms with Crippen LogP contribution in [0.3, 0.4) is 0 Å². The van der Waals surface area contributed by atoms with Crippen molar-refractivity contribution in [3.63, 3.8) is 0 Å². The van der Waals surface area contributed by atoms with E-state index in [1.54, 1.807) is 0 Å². The molecule has 3 aliphatic rings. The molecule has 2 aromatic rings. The smallest absolute Gasteiger partial charge is 0.319 e. The minimum atomic E-state index is -0.515. The van der Waals surface area contributed by atoms with Crippen molar-refractivity contribution in [3.8, 4) is 5.75 Å². The number of hydrogen-bond donors (Lipinski definition) is 4. The lowest BCUT2D eigenvalue weighted by Gasteiger charge is -2.37. The molecular formula is C29H37N3O5. The highest BCUT2D eigenvalue weighted by Gasteiger charge is 2.46. The molecule has 0 spiro atoms. The number of carbonyl (C=O) groups is 2. The van der Waals surface area contributed by atoms with E-state index >= 15 is 0 Å². The lowest BCUT2D eigenvalue weighted by atomic mass is 9.84. The van der Waals surface area contributed by atoms with E-state index in [4.69, 9.17) is 9.47 Å². The van der Waals surface area contributed by atoms with Crippen LogP contribution in [0.25, 0.3) is 0 Å². The molecule has 2 fully saturated rings. The molecule has 1 saturated carbocycles. The third-order valence-corrected chi connectivity index (χ3v) is 7.69. The Morgan fingerprint density at radius 1 is 1.03 bits per heavy atom. The molecule has 1 saturated heterocycles. The van der Waals surface area contributed by atoms with Gasteiger partial charge in [-0.3, -0.25) is 4.79 Å². The van der Waals surface area contributed by atoms with Gasteiger partial charge in [0.15, 0.2) is 0 Å². The summed E-state index contributed by atoms with van der Waals surface area (Å²) in [7, 11) is 0. The van der Waals surface area contributed by atoms with Gasteiger partial charge in [0.1, 0.15) is 18.0 Å². The van der Waals surface area contributed by atoms with Gasteiger partial charge >= 0.3 is 6.03 Å². The van der Waals surface area contributed by atoms with Gasteiger partial charge in [-0.2, -0.15) is 0 Å². The van der Waals surface area contributed by atoms with Crippen molar-refractivity contribution in [3.05, 3.63) is 59.7 Å². The Morgan fingerprint density at radius 3 is 2.62 bits per heavy atom. The number of carbonyl (C=O) groups excluding carboxylic acids is 2. The van der Waals surface area contributed by atoms with E-state index < -0.39 is 6.10 Å². The second kappa shape index (κ2) is 12.0. The molecule has 2 aliphatic heterocycles. The maximum Gasteiger partial charge on any atom is 0.319 e. The van der Waals surface area contributed by atoms with Crippen LogP contribution in [0.15, 0.2) is 48.5 Å². The van der Waals surface area contributed by atoms with Crippen LogP contribution in [0.1, 0.15) is 62.0 Å². The number of ether oxygens (including phenoxy) is 2. The zero-order valence-electron chi connectivity index (χ0n) is 21.2. The molecule has 0 radical (unpaired) electrons. The SMILES string of the molecule is O=C(C[C@H]1C[C@@H]2c3cc(NC(=O)NC4CCCCC4)ccc3O[C@@H]2[C@H](CO)O1)NCCc1ccccc1. The predicted molar refractivity (Wildman–Crippen MR) is 141 cm³/mol. The van der Waals surface area contributed by atoms with E-state index in [1.165, 1.54) is 12.0 Å². The average molecular weight is 508 g/mol. The molecule has 198 valence electrons. The topological polar surface area (TPSA) is 109 Å². The van der Waals surface area contributed by atoms with E-state index in [0.29, 0.717) is 18.7 Å². The summed E-state index contributed by atoms with van der Waals surface area (Å²) in [6.07, 6.45) is 6.06. The fraction of sp³-hybridized carbons (Fsp3) is 0.517. The molecule has 0 unspecified atom stereocenters. The monoisotopic (exact) mass is 507 g/mol. The summed E-state index contributed by atoms with van der Waals surface area (Å²) in [5.74, 6) is 0.652. The summed E-state index contributed by atoms with van der Waals surface area (Å²) in [6.45, 7) is 0.380. The van der Waals surface area contributed by atoms with Crippen LogP contribution in [0.2, 0.25) is 0 Å². The Bertz CT molecular complexity index is 1070. The molecule has 1 aliphatic carbocycles. The summed E-state index contributed by atoms with van der Waals surface area (Å²) in [6, 6.07) is 15.7. The van der Waals surface area contributed by atoms with Crippen molar-refractivity contribution in [2.24, 2.45) is 0 Å². The first-order valence-electron chi connectivity index (χ1n) is 13.5. The van der Waals surface area contributed by atoms with Gasteiger partial charge in [0, 0.05) is 29.8 Å². The first-order chi connectivity index (χ1) is 18.1. The highest BCUT2D eigenvalue weighted by Crippen LogP contribution is 2.47. The van der Waals surface area contributed by atoms with Crippen LogP contribution in [0, 0.1) is 0 Å². The van der Waals surface area contributed by atoms with Gasteiger partial charge in [-0.15, -0.1) is 0 Å². The summed E-state index contributed by atoms with van der Waals surface area (Å²) in [4.78, 5) is 25.2. The van der Waals surface area contributed by atoms with E-state index in [-0.39, 0.29) is 49.1 Å². The fourth-order valence-electron chi connectivity index (χ4n) is 5.84. The fourth-order valence-corrected chi connectivity index (χ4v) is 5.84. The quantitative estimate of drug-likeness (QED) is 0.434. The van der Waals surface area contributed by atoms with Crippen LogP contribution >= 0.6 is 0 Å². The Kier molecular flexibility index (Phi) is 8.26. The van der Waals surface area contributed by atoms with Crippen LogP contribution in [0.4, 0.5) is 10.5 Å². The van der Waals surface area contributed by atoms with E-state index in [9.17, 15) is 14.7 Å². The molecule has 8 heteroatoms. The summed E-state index contributed by atoms with van der Waals surface area (Å²) in [5.41, 5.74) is 2.87. The molecule has 4 N–H and O–H groups in total. The van der Waals surface area contributed by atoms with Crippen molar-refractivity contribution in [1.82, 2.24) is 10.6 Å². The van der Waals surface area contributed by atoms with Crippen molar-refractivity contribution in [1.29, 1.82) is 0 Å². The molecule has 4 atom stereocenters. The summed E-state index contributed by atoms with van der Waals surface area (Å²) >= 11 is 0. The number of aliphatic hydroxyl groups is 1. The van der Waals surface area contributed by atoms with Gasteiger partial charge in [-0.05, 0) is 49.4 Å². The Hall–Kier alpha value is -3.10. The number of aliphatic hydroxyl groups excluding tert-OH is 1. The maximum absolute atomic E-state index is 12.6. The molecule has 2 heterocycles. The number of urea groups is 1. The minimum absolute atomic E-state index is 0.0221. The Balaban J connectivity index is 1.18. The van der Waals surface area contributed by atoms with E-state index in [0.717, 1.165) is 43.4 Å². The van der Waals surface area contributed by atoms with Crippen LogP contribution < -0.4 is 20.7 Å². The van der Waals surface area contributed by atoms with Crippen LogP contribution in [-0.4, -0.2) is 54.6 Å². The highest BCUT2D eigenvalue weighted by atomic mass is 16.6. The molecule has 0 aromatic heterocycles. The number of anilines is 1. The number of amides is 3. The predicted octanol–water partition coefficient (Wildman–Crippen LogP) is 3.88. The average Bonchev–Trinajstić information content (AvgIpc) is 3.27. The molecule has 3 amide bonds. The first-order valence-corrected chi connectivity index (χ1v) is 13.5. The zero-order chi connectivity index (χ0) is 25.6. The second-order valence-corrected chi connectivity index (χ2v) is 10.4. The van der Waals surface area contributed by atoms with Crippen molar-refractivity contribution in [2.45, 2.75) is 81.6 Å². The van der Waals surface area contributed by atoms with E-state index in [1.807, 2.05) is 48.5 Å². The Labute approximate surface area is 218 Å². The second-order valence-electron chi connectivity index (χ2n) is 10.4. The van der Waals surface area contributed by atoms with Crippen LogP contribution in [0.5, 0.6) is 5.75 Å². The van der Waals surface area contributed by atoms with Gasteiger partial charge in [0.05, 0.1) is 19.1 Å². The van der Waals surface area contributed by atoms with Crippen LogP contribution in [-0.2, 0) is 16.0 Å². The highest BCUT2D eigenvalue weighted by molar-refractivity contribution is 5.89. The number of rotatable bonds is 8. The minimum Gasteiger partial charge on any atom is -0.487 e. The first kappa shape index (κ1) is 25.5. The van der Waals surface area contributed by atoms with Crippen molar-refractivity contribution >= 4 is 17.6 Å². The third-order valence-electron chi connectivity index (χ3n) is 7.69. The van der Waals surface area contributed by atoms with Gasteiger partial charge in [0.25, 0.3) is 0 Å². The standard InChI is InChI=1S/C29H37N3O5/c33-18-26-28-24(16-22(36-26)17-27(34)30-14-13-19-7-3-1-4-8-19)23-15-21(11-12-25(23)37-28)32-29(35)31-20-9-5-2-6-10-20/h1,3-4,7-8,11-12,15,20,22,24,26,28,33H,2,5-6,9-10,13-14,16-18H2,(H,30,34)(H2,31,32,35)/t22-,24-,26+,28+/m1/s1. The van der Waals surface area contributed by atoms with E-state index in [2.05, 4.69) is 16.0 Å². The molecule has 5 rings (SSSR count). The molecule has 0 bridgehead atoms. The van der Waals surface area contributed by atoms with Gasteiger partial charge in [-0.25, -0.2) is 4.79 Å². The lowest BCUT2D eigenvalue weighted by Crippen LogP contribution is -2.47. The van der Waals surface area contributed by atoms with Gasteiger partial charge < -0.3 is 30.5 Å². The number of hydrogen-bond acceptors (Lipinski definition) is 5. The molecule has 37 heavy (non-hydrogen) atoms. The lowest BCUT2D eigenvalue weighted by molar-refractivity contribution is -0.142. The Morgan fingerprint density at radius 2 is 1.84 bits per heavy atom. The molecular weight excluding hydrogens is 470 g/mol. The van der Waals surface area contributed by atoms with Crippen molar-refractivity contribution < 1.29 is 24.2 Å². The molecule has 2 aromatic carbocycles. The third kappa shape index (κ3) is 6.43. The summed E-state index contributed by atoms with van der Waals surface area (Å²) < 4.78 is 12.2. The largest absolute Gasteiger partial charge is 0.487 e. The maximum atomic E-state index is 12.6. The number of fused-ring (bicyclic) bond motifs is 3. The number of nitrogens with one attached hydrogen (secondary N) is 3. The molecule has 8 nitrogen and oxygen atoms in total. The summed E-state index contributed by atoms with van der Waals surface area (Å²) in [5, 5.41) is 19.0. The van der Waals surface area contributed by atoms with Gasteiger partial charge in [-0.1, -0.05) is 49.6 Å². The van der Waals surface area contributed by atoms with Crippen molar-refractivity contribution in [2.75, 3.05) is 18.5 Å². The van der Waals surface area contributed by atoms with Gasteiger partial charge in [0.2, 0.25) is 5.91 Å². The number of benzene rings is 2. The normalized spacial score (nSPS) is 24.9. The zero-order valence-corrected chi connectivity index (χ0v) is 21.2.